The molecule has 0 bridgehead atoms. The third-order valence-corrected chi connectivity index (χ3v) is 5.78. The van der Waals surface area contributed by atoms with Gasteiger partial charge < -0.3 is 9.47 Å². The first-order valence-electron chi connectivity index (χ1n) is 8.99. The molecule has 0 aliphatic carbocycles. The van der Waals surface area contributed by atoms with E-state index >= 15 is 0 Å². The molecule has 6 nitrogen and oxygen atoms in total. The molecule has 0 atom stereocenters. The fraction of sp³-hybridized carbons (Fsp3) is 0.300. The average molecular weight is 593 g/mol. The van der Waals surface area contributed by atoms with E-state index in [0.717, 1.165) is 28.7 Å². The Morgan fingerprint density at radius 2 is 2.03 bits per heavy atom. The van der Waals surface area contributed by atoms with Crippen molar-refractivity contribution in [1.82, 2.24) is 10.3 Å². The fourth-order valence-electron chi connectivity index (χ4n) is 2.70. The van der Waals surface area contributed by atoms with Gasteiger partial charge in [-0.1, -0.05) is 23.7 Å². The van der Waals surface area contributed by atoms with Crippen LogP contribution in [0, 0.1) is 3.57 Å². The maximum Gasteiger partial charge on any atom is 0.254 e. The molecule has 0 radical (unpaired) electrons. The van der Waals surface area contributed by atoms with Crippen LogP contribution in [0.3, 0.4) is 0 Å². The van der Waals surface area contributed by atoms with E-state index in [4.69, 9.17) is 21.1 Å². The number of nitrogens with zero attached hydrogens (tertiary/aromatic N) is 2. The lowest BCUT2D eigenvalue weighted by Gasteiger charge is -2.25. The van der Waals surface area contributed by atoms with Crippen LogP contribution in [0.25, 0.3) is 0 Å². The Morgan fingerprint density at radius 1 is 1.31 bits per heavy atom. The fourth-order valence-corrected chi connectivity index (χ4v) is 4.05. The van der Waals surface area contributed by atoms with Crippen molar-refractivity contribution in [2.45, 2.75) is 6.61 Å². The van der Waals surface area contributed by atoms with Gasteiger partial charge in [-0.05, 0) is 73.9 Å². The Hall–Kier alpha value is -1.20. The number of amides is 1. The number of carbonyl (C=O) groups is 1. The number of carbonyl (C=O) groups excluding carboxylic acids is 1. The lowest BCUT2D eigenvalue weighted by atomic mass is 10.2. The summed E-state index contributed by atoms with van der Waals surface area (Å²) in [7, 11) is 0. The summed E-state index contributed by atoms with van der Waals surface area (Å²) in [5, 5.41) is 4.48. The largest absolute Gasteiger partial charge is 0.486 e. The third kappa shape index (κ3) is 7.21. The Bertz CT molecular complexity index is 851. The van der Waals surface area contributed by atoms with E-state index in [2.05, 4.69) is 49.0 Å². The molecular formula is C20H20BrClIN3O3. The van der Waals surface area contributed by atoms with E-state index in [1.165, 1.54) is 3.57 Å². The smallest absolute Gasteiger partial charge is 0.254 e. The van der Waals surface area contributed by atoms with Crippen molar-refractivity contribution >= 4 is 62.2 Å². The van der Waals surface area contributed by atoms with Crippen LogP contribution in [0.15, 0.2) is 46.0 Å². The summed E-state index contributed by atoms with van der Waals surface area (Å²) in [6.45, 7) is 3.53. The molecule has 1 aliphatic heterocycles. The maximum absolute atomic E-state index is 12.0. The van der Waals surface area contributed by atoms with E-state index in [1.807, 2.05) is 35.2 Å². The molecule has 0 saturated carbocycles. The van der Waals surface area contributed by atoms with Gasteiger partial charge in [0, 0.05) is 16.7 Å². The molecule has 1 saturated heterocycles. The van der Waals surface area contributed by atoms with Gasteiger partial charge in [-0.15, -0.1) is 0 Å². The molecule has 2 aromatic carbocycles. The van der Waals surface area contributed by atoms with Crippen LogP contribution in [-0.4, -0.2) is 49.9 Å². The van der Waals surface area contributed by atoms with Gasteiger partial charge in [-0.25, -0.2) is 5.43 Å². The number of hydrazone groups is 1. The van der Waals surface area contributed by atoms with Gasteiger partial charge in [0.1, 0.15) is 6.61 Å². The standard InChI is InChI=1S/C20H20BrClIN3O3/c21-17-9-15(11-24-25-19(27)12-26-5-7-28-8-6-26)10-18(22)20(17)29-13-14-1-3-16(23)4-2-14/h1-4,9-11H,5-8,12-13H2,(H,25,27)/b24-11+. The van der Waals surface area contributed by atoms with Crippen LogP contribution in [0.2, 0.25) is 5.02 Å². The molecule has 154 valence electrons. The zero-order valence-electron chi connectivity index (χ0n) is 15.5. The molecular weight excluding hydrogens is 572 g/mol. The number of halogens is 3. The van der Waals surface area contributed by atoms with Crippen molar-refractivity contribution in [1.29, 1.82) is 0 Å². The predicted molar refractivity (Wildman–Crippen MR) is 126 cm³/mol. The second-order valence-electron chi connectivity index (χ2n) is 6.41. The number of hydrogen-bond donors (Lipinski definition) is 1. The van der Waals surface area contributed by atoms with E-state index in [-0.39, 0.29) is 5.91 Å². The minimum atomic E-state index is -0.161. The number of ether oxygens (including phenoxy) is 2. The summed E-state index contributed by atoms with van der Waals surface area (Å²) in [6.07, 6.45) is 1.55. The minimum Gasteiger partial charge on any atom is -0.486 e. The highest BCUT2D eigenvalue weighted by atomic mass is 127. The van der Waals surface area contributed by atoms with Crippen molar-refractivity contribution < 1.29 is 14.3 Å². The first-order valence-corrected chi connectivity index (χ1v) is 11.2. The number of rotatable bonds is 7. The lowest BCUT2D eigenvalue weighted by Crippen LogP contribution is -2.42. The zero-order chi connectivity index (χ0) is 20.6. The van der Waals surface area contributed by atoms with Crippen LogP contribution >= 0.6 is 50.1 Å². The van der Waals surface area contributed by atoms with Gasteiger partial charge in [0.2, 0.25) is 0 Å². The molecule has 1 heterocycles. The highest BCUT2D eigenvalue weighted by Gasteiger charge is 2.13. The highest BCUT2D eigenvalue weighted by molar-refractivity contribution is 14.1. The van der Waals surface area contributed by atoms with Crippen LogP contribution in [0.4, 0.5) is 0 Å². The summed E-state index contributed by atoms with van der Waals surface area (Å²) < 4.78 is 13.0. The molecule has 3 rings (SSSR count). The summed E-state index contributed by atoms with van der Waals surface area (Å²) in [5.74, 6) is 0.407. The quantitative estimate of drug-likeness (QED) is 0.299. The van der Waals surface area contributed by atoms with Crippen molar-refractivity contribution in [3.05, 3.63) is 60.6 Å². The van der Waals surface area contributed by atoms with Crippen LogP contribution in [-0.2, 0) is 16.1 Å². The molecule has 1 fully saturated rings. The van der Waals surface area contributed by atoms with Gasteiger partial charge in [0.15, 0.2) is 5.75 Å². The molecule has 2 aromatic rings. The van der Waals surface area contributed by atoms with Gasteiger partial charge in [0.05, 0.1) is 35.5 Å². The summed E-state index contributed by atoms with van der Waals surface area (Å²) in [6, 6.07) is 11.7. The number of benzene rings is 2. The Kier molecular flexibility index (Phi) is 8.73. The van der Waals surface area contributed by atoms with E-state index in [0.29, 0.717) is 37.1 Å². The van der Waals surface area contributed by atoms with Crippen molar-refractivity contribution in [3.8, 4) is 5.75 Å². The summed E-state index contributed by atoms with van der Waals surface area (Å²) in [4.78, 5) is 14.0. The van der Waals surface area contributed by atoms with E-state index in [9.17, 15) is 4.79 Å². The highest BCUT2D eigenvalue weighted by Crippen LogP contribution is 2.34. The number of morpholine rings is 1. The van der Waals surface area contributed by atoms with E-state index < -0.39 is 0 Å². The zero-order valence-corrected chi connectivity index (χ0v) is 20.0. The van der Waals surface area contributed by atoms with Crippen LogP contribution in [0.1, 0.15) is 11.1 Å². The van der Waals surface area contributed by atoms with Crippen LogP contribution < -0.4 is 10.2 Å². The topological polar surface area (TPSA) is 63.2 Å². The minimum absolute atomic E-state index is 0.161. The van der Waals surface area contributed by atoms with E-state index in [1.54, 1.807) is 12.3 Å². The second kappa shape index (κ2) is 11.3. The van der Waals surface area contributed by atoms with Gasteiger partial charge >= 0.3 is 0 Å². The summed E-state index contributed by atoms with van der Waals surface area (Å²) >= 11 is 12.1. The molecule has 0 unspecified atom stereocenters. The van der Waals surface area contributed by atoms with Crippen LogP contribution in [0.5, 0.6) is 5.75 Å². The number of nitrogens with one attached hydrogen (secondary N) is 1. The molecule has 1 N–H and O–H groups in total. The van der Waals surface area contributed by atoms with Crippen molar-refractivity contribution in [3.63, 3.8) is 0 Å². The average Bonchev–Trinajstić information content (AvgIpc) is 2.69. The Morgan fingerprint density at radius 3 is 2.72 bits per heavy atom. The molecule has 29 heavy (non-hydrogen) atoms. The first kappa shape index (κ1) is 22.5. The normalized spacial score (nSPS) is 14.9. The SMILES string of the molecule is O=C(CN1CCOCC1)N/N=C/c1cc(Cl)c(OCc2ccc(I)cc2)c(Br)c1. The number of hydrogen-bond acceptors (Lipinski definition) is 5. The third-order valence-electron chi connectivity index (χ3n) is 4.19. The monoisotopic (exact) mass is 591 g/mol. The summed E-state index contributed by atoms with van der Waals surface area (Å²) in [5.41, 5.74) is 4.34. The molecule has 1 amide bonds. The predicted octanol–water partition coefficient (Wildman–Crippen LogP) is 4.07. The second-order valence-corrected chi connectivity index (χ2v) is 8.92. The maximum atomic E-state index is 12.0. The van der Waals surface area contributed by atoms with Crippen molar-refractivity contribution in [2.24, 2.45) is 5.10 Å². The van der Waals surface area contributed by atoms with Crippen molar-refractivity contribution in [2.75, 3.05) is 32.8 Å². The Labute approximate surface area is 196 Å². The molecule has 0 spiro atoms. The lowest BCUT2D eigenvalue weighted by molar-refractivity contribution is -0.123. The molecule has 1 aliphatic rings. The molecule has 0 aromatic heterocycles. The van der Waals surface area contributed by atoms with Gasteiger partial charge in [-0.3, -0.25) is 9.69 Å². The first-order chi connectivity index (χ1) is 14.0. The van der Waals surface area contributed by atoms with Gasteiger partial charge in [0.25, 0.3) is 5.91 Å². The molecule has 9 heteroatoms. The Balaban J connectivity index is 1.54. The van der Waals surface area contributed by atoms with Gasteiger partial charge in [-0.2, -0.15) is 5.10 Å².